The van der Waals surface area contributed by atoms with Crippen molar-refractivity contribution < 1.29 is 18.3 Å². The standard InChI is InChI=1S/C14H14N2O4S/c1-9-5-6-11(15)8-13(9)21(19,20)16-12-4-2-3-10(7-12)14(17)18/h2-8,16H,15H2,1H3,(H,17,18)/p-1. The number of hydrogen-bond donors (Lipinski definition) is 2. The van der Waals surface area contributed by atoms with E-state index in [2.05, 4.69) is 4.72 Å². The molecule has 0 heterocycles. The Morgan fingerprint density at radius 1 is 1.19 bits per heavy atom. The molecule has 110 valence electrons. The first-order chi connectivity index (χ1) is 9.79. The molecule has 2 aromatic carbocycles. The van der Waals surface area contributed by atoms with Gasteiger partial charge in [0.05, 0.1) is 10.9 Å². The topological polar surface area (TPSA) is 112 Å². The molecular weight excluding hydrogens is 292 g/mol. The summed E-state index contributed by atoms with van der Waals surface area (Å²) in [6.45, 7) is 1.64. The lowest BCUT2D eigenvalue weighted by Crippen LogP contribution is -2.22. The average Bonchev–Trinajstić information content (AvgIpc) is 2.41. The van der Waals surface area contributed by atoms with Crippen LogP contribution in [0.3, 0.4) is 0 Å². The normalized spacial score (nSPS) is 11.1. The summed E-state index contributed by atoms with van der Waals surface area (Å²) < 4.78 is 27.0. The molecular formula is C14H13N2O4S-. The predicted octanol–water partition coefficient (Wildman–Crippen LogP) is 0.742. The van der Waals surface area contributed by atoms with Gasteiger partial charge in [-0.3, -0.25) is 4.72 Å². The number of benzene rings is 2. The average molecular weight is 305 g/mol. The fraction of sp³-hybridized carbons (Fsp3) is 0.0714. The number of aromatic carboxylic acids is 1. The number of rotatable bonds is 4. The Balaban J connectivity index is 2.40. The maximum absolute atomic E-state index is 12.3. The second-order valence-corrected chi connectivity index (χ2v) is 6.15. The number of nitrogens with one attached hydrogen (secondary N) is 1. The third-order valence-electron chi connectivity index (χ3n) is 2.85. The molecule has 2 aromatic rings. The maximum atomic E-state index is 12.3. The van der Waals surface area contributed by atoms with E-state index in [1.165, 1.54) is 30.3 Å². The SMILES string of the molecule is Cc1ccc(N)cc1S(=O)(=O)Nc1cccc(C(=O)[O-])c1. The van der Waals surface area contributed by atoms with E-state index >= 15 is 0 Å². The molecule has 0 aromatic heterocycles. The molecule has 0 unspecified atom stereocenters. The van der Waals surface area contributed by atoms with Gasteiger partial charge in [-0.1, -0.05) is 18.2 Å². The first kappa shape index (κ1) is 14.9. The highest BCUT2D eigenvalue weighted by Gasteiger charge is 2.17. The molecule has 0 aliphatic heterocycles. The summed E-state index contributed by atoms with van der Waals surface area (Å²) in [4.78, 5) is 10.8. The summed E-state index contributed by atoms with van der Waals surface area (Å²) in [6, 6.07) is 9.93. The smallest absolute Gasteiger partial charge is 0.262 e. The van der Waals surface area contributed by atoms with Crippen molar-refractivity contribution in [1.82, 2.24) is 0 Å². The van der Waals surface area contributed by atoms with E-state index in [0.29, 0.717) is 11.3 Å². The number of anilines is 2. The number of carbonyl (C=O) groups is 1. The van der Waals surface area contributed by atoms with Crippen molar-refractivity contribution in [1.29, 1.82) is 0 Å². The lowest BCUT2D eigenvalue weighted by molar-refractivity contribution is -0.255. The molecule has 0 aliphatic carbocycles. The highest BCUT2D eigenvalue weighted by Crippen LogP contribution is 2.22. The van der Waals surface area contributed by atoms with Gasteiger partial charge in [0, 0.05) is 11.4 Å². The van der Waals surface area contributed by atoms with E-state index in [4.69, 9.17) is 5.73 Å². The zero-order valence-corrected chi connectivity index (χ0v) is 12.0. The van der Waals surface area contributed by atoms with Gasteiger partial charge in [0.2, 0.25) is 0 Å². The lowest BCUT2D eigenvalue weighted by Gasteiger charge is -2.12. The molecule has 0 radical (unpaired) electrons. The van der Waals surface area contributed by atoms with Crippen molar-refractivity contribution in [3.63, 3.8) is 0 Å². The van der Waals surface area contributed by atoms with E-state index in [-0.39, 0.29) is 16.1 Å². The number of aryl methyl sites for hydroxylation is 1. The molecule has 0 bridgehead atoms. The van der Waals surface area contributed by atoms with Gasteiger partial charge in [-0.05, 0) is 42.3 Å². The third-order valence-corrected chi connectivity index (χ3v) is 4.38. The molecule has 0 atom stereocenters. The fourth-order valence-corrected chi connectivity index (χ4v) is 3.16. The highest BCUT2D eigenvalue weighted by atomic mass is 32.2. The van der Waals surface area contributed by atoms with Crippen molar-refractivity contribution >= 4 is 27.4 Å². The summed E-state index contributed by atoms with van der Waals surface area (Å²) in [5.41, 5.74) is 6.49. The van der Waals surface area contributed by atoms with Crippen LogP contribution in [-0.4, -0.2) is 14.4 Å². The van der Waals surface area contributed by atoms with Crippen LogP contribution in [0, 0.1) is 6.92 Å². The van der Waals surface area contributed by atoms with Gasteiger partial charge in [-0.25, -0.2) is 8.42 Å². The maximum Gasteiger partial charge on any atom is 0.262 e. The summed E-state index contributed by atoms with van der Waals surface area (Å²) in [5, 5.41) is 10.8. The summed E-state index contributed by atoms with van der Waals surface area (Å²) in [7, 11) is -3.85. The van der Waals surface area contributed by atoms with Gasteiger partial charge >= 0.3 is 0 Å². The van der Waals surface area contributed by atoms with Crippen molar-refractivity contribution in [3.8, 4) is 0 Å². The Labute approximate surface area is 122 Å². The van der Waals surface area contributed by atoms with Crippen LogP contribution in [-0.2, 0) is 10.0 Å². The molecule has 0 fully saturated rings. The van der Waals surface area contributed by atoms with Crippen LogP contribution in [0.2, 0.25) is 0 Å². The van der Waals surface area contributed by atoms with Crippen LogP contribution < -0.4 is 15.6 Å². The van der Waals surface area contributed by atoms with Crippen LogP contribution in [0.4, 0.5) is 11.4 Å². The van der Waals surface area contributed by atoms with Crippen LogP contribution >= 0.6 is 0 Å². The Morgan fingerprint density at radius 3 is 2.57 bits per heavy atom. The number of hydrogen-bond acceptors (Lipinski definition) is 5. The van der Waals surface area contributed by atoms with Crippen LogP contribution in [0.1, 0.15) is 15.9 Å². The molecule has 0 spiro atoms. The minimum Gasteiger partial charge on any atom is -0.545 e. The minimum atomic E-state index is -3.85. The van der Waals surface area contributed by atoms with Crippen molar-refractivity contribution in [3.05, 3.63) is 53.6 Å². The zero-order chi connectivity index (χ0) is 15.6. The van der Waals surface area contributed by atoms with Gasteiger partial charge in [0.25, 0.3) is 10.0 Å². The van der Waals surface area contributed by atoms with Gasteiger partial charge in [0.1, 0.15) is 0 Å². The molecule has 0 amide bonds. The Kier molecular flexibility index (Phi) is 3.86. The summed E-state index contributed by atoms with van der Waals surface area (Å²) in [5.74, 6) is -1.38. The Morgan fingerprint density at radius 2 is 1.90 bits per heavy atom. The first-order valence-electron chi connectivity index (χ1n) is 6.00. The predicted molar refractivity (Wildman–Crippen MR) is 77.2 cm³/mol. The van der Waals surface area contributed by atoms with Crippen molar-refractivity contribution in [2.75, 3.05) is 10.5 Å². The van der Waals surface area contributed by atoms with Gasteiger partial charge in [-0.2, -0.15) is 0 Å². The molecule has 0 saturated heterocycles. The Bertz CT molecular complexity index is 800. The number of sulfonamides is 1. The molecule has 0 saturated carbocycles. The number of carbonyl (C=O) groups excluding carboxylic acids is 1. The van der Waals surface area contributed by atoms with Gasteiger partial charge < -0.3 is 15.6 Å². The molecule has 3 N–H and O–H groups in total. The van der Waals surface area contributed by atoms with E-state index in [1.54, 1.807) is 19.1 Å². The summed E-state index contributed by atoms with van der Waals surface area (Å²) >= 11 is 0. The minimum absolute atomic E-state index is 0.0429. The van der Waals surface area contributed by atoms with Gasteiger partial charge in [0.15, 0.2) is 0 Å². The molecule has 2 rings (SSSR count). The number of nitrogens with two attached hydrogens (primary N) is 1. The van der Waals surface area contributed by atoms with Crippen molar-refractivity contribution in [2.24, 2.45) is 0 Å². The second kappa shape index (κ2) is 5.45. The molecule has 7 heteroatoms. The first-order valence-corrected chi connectivity index (χ1v) is 7.48. The second-order valence-electron chi connectivity index (χ2n) is 4.50. The zero-order valence-electron chi connectivity index (χ0n) is 11.2. The number of carboxylic acid groups (broad SMARTS) is 1. The van der Waals surface area contributed by atoms with Crippen LogP contribution in [0.15, 0.2) is 47.4 Å². The van der Waals surface area contributed by atoms with Crippen molar-refractivity contribution in [2.45, 2.75) is 11.8 Å². The third kappa shape index (κ3) is 3.32. The summed E-state index contributed by atoms with van der Waals surface area (Å²) in [6.07, 6.45) is 0. The number of nitrogen functional groups attached to an aromatic ring is 1. The molecule has 21 heavy (non-hydrogen) atoms. The van der Waals surface area contributed by atoms with E-state index < -0.39 is 16.0 Å². The fourth-order valence-electron chi connectivity index (χ4n) is 1.83. The van der Waals surface area contributed by atoms with Crippen LogP contribution in [0.25, 0.3) is 0 Å². The number of carboxylic acids is 1. The monoisotopic (exact) mass is 305 g/mol. The highest BCUT2D eigenvalue weighted by molar-refractivity contribution is 7.92. The van der Waals surface area contributed by atoms with Gasteiger partial charge in [-0.15, -0.1) is 0 Å². The molecule has 6 nitrogen and oxygen atoms in total. The lowest BCUT2D eigenvalue weighted by atomic mass is 10.2. The van der Waals surface area contributed by atoms with E-state index in [0.717, 1.165) is 0 Å². The Hall–Kier alpha value is -2.54. The van der Waals surface area contributed by atoms with Crippen LogP contribution in [0.5, 0.6) is 0 Å². The largest absolute Gasteiger partial charge is 0.545 e. The van der Waals surface area contributed by atoms with E-state index in [1.807, 2.05) is 0 Å². The molecule has 0 aliphatic rings. The van der Waals surface area contributed by atoms with E-state index in [9.17, 15) is 18.3 Å². The quantitative estimate of drug-likeness (QED) is 0.809.